The number of carbonyl (C=O) groups excluding carboxylic acids is 1. The van der Waals surface area contributed by atoms with Crippen molar-refractivity contribution in [2.45, 2.75) is 24.7 Å². The van der Waals surface area contributed by atoms with Gasteiger partial charge in [0, 0.05) is 54.9 Å². The lowest BCUT2D eigenvalue weighted by Gasteiger charge is -2.38. The van der Waals surface area contributed by atoms with Crippen LogP contribution in [-0.4, -0.2) is 37.3 Å². The lowest BCUT2D eigenvalue weighted by molar-refractivity contribution is -0.120. The molecule has 0 aliphatic carbocycles. The molecule has 5 heteroatoms. The van der Waals surface area contributed by atoms with Gasteiger partial charge in [0.15, 0.2) is 0 Å². The molecule has 2 aromatic carbocycles. The van der Waals surface area contributed by atoms with Crippen LogP contribution in [-0.2, 0) is 28.4 Å². The monoisotopic (exact) mass is 392 g/mol. The Labute approximate surface area is 171 Å². The summed E-state index contributed by atoms with van der Waals surface area (Å²) in [5.74, 6) is 0.917. The molecule has 152 valence electrons. The number of rotatable bonds is 6. The maximum absolute atomic E-state index is 12.9. The second-order valence-corrected chi connectivity index (χ2v) is 7.83. The molecule has 1 aliphatic rings. The van der Waals surface area contributed by atoms with E-state index in [1.54, 1.807) is 7.11 Å². The van der Waals surface area contributed by atoms with Gasteiger partial charge in [-0.15, -0.1) is 0 Å². The molecular weight excluding hydrogens is 364 g/mol. The minimum Gasteiger partial charge on any atom is -0.496 e. The lowest BCUT2D eigenvalue weighted by atomic mass is 9.73. The third kappa shape index (κ3) is 3.87. The van der Waals surface area contributed by atoms with E-state index in [1.165, 1.54) is 0 Å². The normalized spacial score (nSPS) is 15.9. The summed E-state index contributed by atoms with van der Waals surface area (Å²) in [6.07, 6.45) is 4.15. The Bertz CT molecular complexity index is 1000. The van der Waals surface area contributed by atoms with Crippen LogP contribution < -0.4 is 10.1 Å². The Morgan fingerprint density at radius 2 is 1.86 bits per heavy atom. The van der Waals surface area contributed by atoms with E-state index < -0.39 is 0 Å². The average molecular weight is 392 g/mol. The predicted octanol–water partition coefficient (Wildman–Crippen LogP) is 3.59. The Morgan fingerprint density at radius 3 is 2.66 bits per heavy atom. The smallest absolute Gasteiger partial charge is 0.224 e. The van der Waals surface area contributed by atoms with Crippen molar-refractivity contribution in [2.75, 3.05) is 26.9 Å². The number of methoxy groups -OCH3 is 1. The van der Waals surface area contributed by atoms with Crippen molar-refractivity contribution in [3.63, 3.8) is 0 Å². The molecule has 0 unspecified atom stereocenters. The SMILES string of the molecule is COc1ccccc1C1(CNC(=O)Cc2cn(C)c3ccccc23)CCOCC1. The van der Waals surface area contributed by atoms with Crippen LogP contribution in [0.15, 0.2) is 54.7 Å². The summed E-state index contributed by atoms with van der Waals surface area (Å²) in [5.41, 5.74) is 3.18. The molecule has 0 saturated carbocycles. The van der Waals surface area contributed by atoms with Gasteiger partial charge in [0.25, 0.3) is 0 Å². The van der Waals surface area contributed by atoms with Gasteiger partial charge in [0.2, 0.25) is 5.91 Å². The number of hydrogen-bond acceptors (Lipinski definition) is 3. The van der Waals surface area contributed by atoms with Crippen molar-refractivity contribution in [3.05, 3.63) is 65.9 Å². The zero-order valence-corrected chi connectivity index (χ0v) is 17.1. The van der Waals surface area contributed by atoms with Crippen LogP contribution in [0.3, 0.4) is 0 Å². The zero-order chi connectivity index (χ0) is 20.3. The van der Waals surface area contributed by atoms with Crippen LogP contribution in [0.1, 0.15) is 24.0 Å². The fraction of sp³-hybridized carbons (Fsp3) is 0.375. The quantitative estimate of drug-likeness (QED) is 0.697. The van der Waals surface area contributed by atoms with Gasteiger partial charge in [0.05, 0.1) is 13.5 Å². The minimum absolute atomic E-state index is 0.0436. The number of aryl methyl sites for hydroxylation is 1. The number of fused-ring (bicyclic) bond motifs is 1. The van der Waals surface area contributed by atoms with Gasteiger partial charge in [-0.2, -0.15) is 0 Å². The lowest BCUT2D eigenvalue weighted by Crippen LogP contribution is -2.45. The van der Waals surface area contributed by atoms with Gasteiger partial charge in [0.1, 0.15) is 5.75 Å². The van der Waals surface area contributed by atoms with Crippen LogP contribution in [0.2, 0.25) is 0 Å². The summed E-state index contributed by atoms with van der Waals surface area (Å²) >= 11 is 0. The molecule has 1 fully saturated rings. The summed E-state index contributed by atoms with van der Waals surface area (Å²) in [4.78, 5) is 12.9. The number of amides is 1. The van der Waals surface area contributed by atoms with E-state index >= 15 is 0 Å². The topological polar surface area (TPSA) is 52.5 Å². The highest BCUT2D eigenvalue weighted by atomic mass is 16.5. The molecule has 0 atom stereocenters. The first-order valence-electron chi connectivity index (χ1n) is 10.1. The summed E-state index contributed by atoms with van der Waals surface area (Å²) in [7, 11) is 3.72. The van der Waals surface area contributed by atoms with E-state index in [-0.39, 0.29) is 11.3 Å². The summed E-state index contributed by atoms with van der Waals surface area (Å²) in [6, 6.07) is 16.3. The van der Waals surface area contributed by atoms with E-state index in [2.05, 4.69) is 34.3 Å². The van der Waals surface area contributed by atoms with Crippen LogP contribution >= 0.6 is 0 Å². The van der Waals surface area contributed by atoms with Gasteiger partial charge in [-0.3, -0.25) is 4.79 Å². The molecule has 1 N–H and O–H groups in total. The largest absolute Gasteiger partial charge is 0.496 e. The second kappa shape index (κ2) is 8.29. The Hall–Kier alpha value is -2.79. The van der Waals surface area contributed by atoms with Crippen LogP contribution in [0.5, 0.6) is 5.75 Å². The van der Waals surface area contributed by atoms with Gasteiger partial charge in [-0.25, -0.2) is 0 Å². The number of ether oxygens (including phenoxy) is 2. The molecule has 0 spiro atoms. The van der Waals surface area contributed by atoms with Gasteiger partial charge >= 0.3 is 0 Å². The van der Waals surface area contributed by atoms with Crippen LogP contribution in [0, 0.1) is 0 Å². The molecule has 29 heavy (non-hydrogen) atoms. The highest BCUT2D eigenvalue weighted by molar-refractivity contribution is 5.89. The van der Waals surface area contributed by atoms with E-state index in [1.807, 2.05) is 37.4 Å². The molecule has 2 heterocycles. The number of nitrogens with one attached hydrogen (secondary N) is 1. The molecular formula is C24H28N2O3. The van der Waals surface area contributed by atoms with Crippen molar-refractivity contribution in [1.82, 2.24) is 9.88 Å². The number of nitrogens with zero attached hydrogens (tertiary/aromatic N) is 1. The van der Waals surface area contributed by atoms with E-state index in [9.17, 15) is 4.79 Å². The average Bonchev–Trinajstić information content (AvgIpc) is 3.08. The molecule has 1 amide bonds. The number of benzene rings is 2. The van der Waals surface area contributed by atoms with Crippen molar-refractivity contribution >= 4 is 16.8 Å². The molecule has 4 rings (SSSR count). The van der Waals surface area contributed by atoms with Gasteiger partial charge in [-0.05, 0) is 30.5 Å². The number of hydrogen-bond donors (Lipinski definition) is 1. The van der Waals surface area contributed by atoms with Gasteiger partial charge in [-0.1, -0.05) is 36.4 Å². The molecule has 5 nitrogen and oxygen atoms in total. The Balaban J connectivity index is 1.52. The molecule has 1 aliphatic heterocycles. The van der Waals surface area contributed by atoms with Crippen LogP contribution in [0.4, 0.5) is 0 Å². The van der Waals surface area contributed by atoms with E-state index in [4.69, 9.17) is 9.47 Å². The first-order valence-corrected chi connectivity index (χ1v) is 10.1. The third-order valence-corrected chi connectivity index (χ3v) is 6.08. The highest BCUT2D eigenvalue weighted by Gasteiger charge is 2.37. The van der Waals surface area contributed by atoms with Crippen molar-refractivity contribution in [1.29, 1.82) is 0 Å². The van der Waals surface area contributed by atoms with Crippen molar-refractivity contribution in [3.8, 4) is 5.75 Å². The van der Waals surface area contributed by atoms with Crippen LogP contribution in [0.25, 0.3) is 10.9 Å². The Kier molecular flexibility index (Phi) is 5.58. The second-order valence-electron chi connectivity index (χ2n) is 7.83. The third-order valence-electron chi connectivity index (χ3n) is 6.08. The summed E-state index contributed by atoms with van der Waals surface area (Å²) in [5, 5.41) is 4.34. The maximum atomic E-state index is 12.9. The molecule has 1 saturated heterocycles. The number of aromatic nitrogens is 1. The van der Waals surface area contributed by atoms with Gasteiger partial charge < -0.3 is 19.4 Å². The molecule has 0 bridgehead atoms. The zero-order valence-electron chi connectivity index (χ0n) is 17.1. The summed E-state index contributed by atoms with van der Waals surface area (Å²) in [6.45, 7) is 1.97. The standard InChI is InChI=1S/C24H28N2O3/c1-26-16-18(19-7-3-5-9-21(19)26)15-23(27)25-17-24(11-13-29-14-12-24)20-8-4-6-10-22(20)28-2/h3-10,16H,11-15,17H2,1-2H3,(H,25,27). The first kappa shape index (κ1) is 19.5. The maximum Gasteiger partial charge on any atom is 0.224 e. The molecule has 1 aromatic heterocycles. The van der Waals surface area contributed by atoms with E-state index in [0.717, 1.165) is 40.6 Å². The molecule has 3 aromatic rings. The van der Waals surface area contributed by atoms with Crippen molar-refractivity contribution < 1.29 is 14.3 Å². The number of para-hydroxylation sites is 2. The molecule has 0 radical (unpaired) electrons. The van der Waals surface area contributed by atoms with Crippen molar-refractivity contribution in [2.24, 2.45) is 7.05 Å². The highest BCUT2D eigenvalue weighted by Crippen LogP contribution is 2.39. The Morgan fingerprint density at radius 1 is 1.14 bits per heavy atom. The minimum atomic E-state index is -0.167. The first-order chi connectivity index (χ1) is 14.1. The number of carbonyl (C=O) groups is 1. The fourth-order valence-electron chi connectivity index (χ4n) is 4.46. The summed E-state index contributed by atoms with van der Waals surface area (Å²) < 4.78 is 13.3. The van der Waals surface area contributed by atoms with E-state index in [0.29, 0.717) is 26.2 Å². The predicted molar refractivity (Wildman–Crippen MR) is 114 cm³/mol. The fourth-order valence-corrected chi connectivity index (χ4v) is 4.46.